The lowest BCUT2D eigenvalue weighted by molar-refractivity contribution is -0.137. The zero-order chi connectivity index (χ0) is 22.5. The first-order valence-electron chi connectivity index (χ1n) is 10.0. The van der Waals surface area contributed by atoms with Crippen LogP contribution in [0.5, 0.6) is 0 Å². The third-order valence-electron chi connectivity index (χ3n) is 6.34. The second kappa shape index (κ2) is 7.40. The first-order valence-corrected chi connectivity index (χ1v) is 10.0. The van der Waals surface area contributed by atoms with Gasteiger partial charge in [0.25, 0.3) is 0 Å². The molecule has 162 valence electrons. The molecule has 2 aromatic carbocycles. The molecule has 30 heavy (non-hydrogen) atoms. The van der Waals surface area contributed by atoms with Crippen molar-refractivity contribution in [2.75, 3.05) is 0 Å². The summed E-state index contributed by atoms with van der Waals surface area (Å²) in [5, 5.41) is 11.5. The lowest BCUT2D eigenvalue weighted by Gasteiger charge is -2.34. The van der Waals surface area contributed by atoms with Crippen LogP contribution in [-0.4, -0.2) is 23.4 Å². The van der Waals surface area contributed by atoms with Gasteiger partial charge in [-0.05, 0) is 62.3 Å². The van der Waals surface area contributed by atoms with Gasteiger partial charge in [0.1, 0.15) is 5.60 Å². The largest absolute Gasteiger partial charge is 0.494 e. The molecule has 1 aliphatic heterocycles. The topological polar surface area (TPSA) is 38.7 Å². The molecule has 1 aliphatic rings. The summed E-state index contributed by atoms with van der Waals surface area (Å²) in [5.41, 5.74) is -1.82. The minimum Gasteiger partial charge on any atom is -0.399 e. The summed E-state index contributed by atoms with van der Waals surface area (Å²) >= 11 is 0. The van der Waals surface area contributed by atoms with Gasteiger partial charge in [-0.2, -0.15) is 13.2 Å². The number of halogens is 3. The fraction of sp³-hybridized carbons (Fsp3) is 0.478. The van der Waals surface area contributed by atoms with E-state index in [1.807, 2.05) is 27.7 Å². The Labute approximate surface area is 176 Å². The first kappa shape index (κ1) is 22.9. The third-order valence-corrected chi connectivity index (χ3v) is 6.34. The van der Waals surface area contributed by atoms with Crippen LogP contribution >= 0.6 is 0 Å². The molecule has 0 spiro atoms. The average molecular weight is 420 g/mol. The first-order chi connectivity index (χ1) is 13.7. The van der Waals surface area contributed by atoms with Gasteiger partial charge in [-0.15, -0.1) is 0 Å². The van der Waals surface area contributed by atoms with Gasteiger partial charge in [-0.3, -0.25) is 0 Å². The minimum atomic E-state index is -4.48. The van der Waals surface area contributed by atoms with Crippen LogP contribution in [0, 0.1) is 5.92 Å². The molecule has 3 nitrogen and oxygen atoms in total. The Bertz CT molecular complexity index is 891. The Hall–Kier alpha value is -1.83. The molecule has 0 aliphatic carbocycles. The molecule has 2 aromatic rings. The molecule has 1 heterocycles. The van der Waals surface area contributed by atoms with Gasteiger partial charge in [-0.1, -0.05) is 50.2 Å². The smallest absolute Gasteiger partial charge is 0.399 e. The van der Waals surface area contributed by atoms with E-state index < -0.39 is 35.7 Å². The highest BCUT2D eigenvalue weighted by Gasteiger charge is 2.51. The fourth-order valence-corrected chi connectivity index (χ4v) is 3.64. The summed E-state index contributed by atoms with van der Waals surface area (Å²) in [4.78, 5) is 0. The summed E-state index contributed by atoms with van der Waals surface area (Å²) in [6.45, 7) is 11.4. The summed E-state index contributed by atoms with van der Waals surface area (Å²) in [6, 6.07) is 11.9. The Kier molecular flexibility index (Phi) is 5.63. The zero-order valence-corrected chi connectivity index (χ0v) is 18.2. The monoisotopic (exact) mass is 420 g/mol. The molecule has 0 aromatic heterocycles. The van der Waals surface area contributed by atoms with Crippen molar-refractivity contribution in [2.45, 2.75) is 64.5 Å². The van der Waals surface area contributed by atoms with Crippen LogP contribution in [0.3, 0.4) is 0 Å². The van der Waals surface area contributed by atoms with Crippen LogP contribution in [-0.2, 0) is 21.1 Å². The highest BCUT2D eigenvalue weighted by atomic mass is 19.4. The Morgan fingerprint density at radius 2 is 1.33 bits per heavy atom. The predicted molar refractivity (Wildman–Crippen MR) is 111 cm³/mol. The molecule has 0 saturated carbocycles. The van der Waals surface area contributed by atoms with E-state index in [1.165, 1.54) is 12.1 Å². The number of hydrogen-bond acceptors (Lipinski definition) is 3. The molecule has 1 N–H and O–H groups in total. The van der Waals surface area contributed by atoms with E-state index >= 15 is 0 Å². The Morgan fingerprint density at radius 3 is 1.80 bits per heavy atom. The maximum atomic E-state index is 13.2. The average Bonchev–Trinajstić information content (AvgIpc) is 2.88. The summed E-state index contributed by atoms with van der Waals surface area (Å²) in [6.07, 6.45) is -4.48. The van der Waals surface area contributed by atoms with Crippen LogP contribution in [0.2, 0.25) is 0 Å². The normalized spacial score (nSPS) is 20.4. The van der Waals surface area contributed by atoms with Crippen LogP contribution in [0.1, 0.15) is 58.2 Å². The van der Waals surface area contributed by atoms with Crippen molar-refractivity contribution < 1.29 is 27.6 Å². The van der Waals surface area contributed by atoms with E-state index in [9.17, 15) is 18.3 Å². The number of hydrogen-bond donors (Lipinski definition) is 1. The number of alkyl halides is 3. The quantitative estimate of drug-likeness (QED) is 0.716. The van der Waals surface area contributed by atoms with Crippen LogP contribution in [0.25, 0.3) is 0 Å². The fourth-order valence-electron chi connectivity index (χ4n) is 3.64. The molecule has 3 rings (SSSR count). The number of aliphatic hydroxyl groups is 1. The highest BCUT2D eigenvalue weighted by Crippen LogP contribution is 2.40. The van der Waals surface area contributed by atoms with Crippen molar-refractivity contribution in [3.8, 4) is 0 Å². The minimum absolute atomic E-state index is 0.204. The van der Waals surface area contributed by atoms with E-state index in [4.69, 9.17) is 9.31 Å². The Balaban J connectivity index is 1.97. The molecule has 1 saturated heterocycles. The van der Waals surface area contributed by atoms with Crippen molar-refractivity contribution in [3.63, 3.8) is 0 Å². The van der Waals surface area contributed by atoms with Crippen LogP contribution in [0.15, 0.2) is 48.5 Å². The maximum Gasteiger partial charge on any atom is 0.494 e. The Morgan fingerprint density at radius 1 is 0.833 bits per heavy atom. The van der Waals surface area contributed by atoms with E-state index in [1.54, 1.807) is 38.1 Å². The zero-order valence-electron chi connectivity index (χ0n) is 18.2. The van der Waals surface area contributed by atoms with E-state index in [-0.39, 0.29) is 11.5 Å². The summed E-state index contributed by atoms with van der Waals surface area (Å²) in [7, 11) is -0.551. The predicted octanol–water partition coefficient (Wildman–Crippen LogP) is 4.90. The van der Waals surface area contributed by atoms with E-state index in [2.05, 4.69) is 0 Å². The molecule has 1 atom stereocenters. The molecule has 1 fully saturated rings. The van der Waals surface area contributed by atoms with Gasteiger partial charge < -0.3 is 14.4 Å². The maximum absolute atomic E-state index is 13.2. The van der Waals surface area contributed by atoms with Gasteiger partial charge in [0.2, 0.25) is 0 Å². The van der Waals surface area contributed by atoms with Gasteiger partial charge >= 0.3 is 13.3 Å². The second-order valence-electron chi connectivity index (χ2n) is 9.21. The number of benzene rings is 2. The summed E-state index contributed by atoms with van der Waals surface area (Å²) < 4.78 is 51.7. The number of rotatable bonds is 4. The van der Waals surface area contributed by atoms with Crippen molar-refractivity contribution in [2.24, 2.45) is 5.92 Å². The van der Waals surface area contributed by atoms with Crippen LogP contribution < -0.4 is 5.46 Å². The highest BCUT2D eigenvalue weighted by molar-refractivity contribution is 6.62. The SMILES string of the molecule is CC(C)C(O)(c1ccc(B2OC(C)(C)C(C)(C)O2)cc1)c1cccc(C(F)(F)F)c1. The van der Waals surface area contributed by atoms with Gasteiger partial charge in [0.15, 0.2) is 0 Å². The van der Waals surface area contributed by atoms with Crippen molar-refractivity contribution in [1.82, 2.24) is 0 Å². The molecular weight excluding hydrogens is 392 g/mol. The van der Waals surface area contributed by atoms with Gasteiger partial charge in [-0.25, -0.2) is 0 Å². The lowest BCUT2D eigenvalue weighted by atomic mass is 9.74. The molecule has 0 radical (unpaired) electrons. The van der Waals surface area contributed by atoms with Crippen molar-refractivity contribution in [1.29, 1.82) is 0 Å². The van der Waals surface area contributed by atoms with E-state index in [0.29, 0.717) is 5.56 Å². The summed E-state index contributed by atoms with van der Waals surface area (Å²) in [5.74, 6) is -0.358. The van der Waals surface area contributed by atoms with Crippen LogP contribution in [0.4, 0.5) is 13.2 Å². The lowest BCUT2D eigenvalue weighted by Crippen LogP contribution is -2.41. The van der Waals surface area contributed by atoms with E-state index in [0.717, 1.165) is 17.6 Å². The third kappa shape index (κ3) is 3.91. The second-order valence-corrected chi connectivity index (χ2v) is 9.21. The molecule has 7 heteroatoms. The van der Waals surface area contributed by atoms with Crippen molar-refractivity contribution in [3.05, 3.63) is 65.2 Å². The van der Waals surface area contributed by atoms with Gasteiger partial charge in [0.05, 0.1) is 16.8 Å². The molecule has 0 bridgehead atoms. The standard InChI is InChI=1S/C23H28BF3O3/c1-15(2)22(28,17-8-7-9-18(14-17)23(25,26)27)16-10-12-19(13-11-16)24-29-20(3,4)21(5,6)30-24/h7-15,28H,1-6H3. The van der Waals surface area contributed by atoms with Gasteiger partial charge in [0, 0.05) is 0 Å². The van der Waals surface area contributed by atoms with Crippen molar-refractivity contribution >= 4 is 12.6 Å². The molecular formula is C23H28BF3O3. The molecule has 1 unspecified atom stereocenters. The molecule has 0 amide bonds.